The first kappa shape index (κ1) is 8.62. The number of rotatable bonds is 1. The quantitative estimate of drug-likeness (QED) is 0.744. The van der Waals surface area contributed by atoms with Crippen LogP contribution in [0.25, 0.3) is 11.3 Å². The topological polar surface area (TPSA) is 51.8 Å². The lowest BCUT2D eigenvalue weighted by molar-refractivity contribution is 0.628. The number of nitrogens with two attached hydrogens (primary N) is 1. The molecule has 1 heterocycles. The summed E-state index contributed by atoms with van der Waals surface area (Å²) in [4.78, 5) is 7.91. The summed E-state index contributed by atoms with van der Waals surface area (Å²) >= 11 is 0. The summed E-state index contributed by atoms with van der Waals surface area (Å²) in [6, 6.07) is 6.10. The number of aromatic nitrogens is 2. The number of nitrogen functional groups attached to an aromatic ring is 1. The third kappa shape index (κ3) is 1.54. The van der Waals surface area contributed by atoms with Crippen LogP contribution in [-0.2, 0) is 0 Å². The van der Waals surface area contributed by atoms with Gasteiger partial charge in [-0.1, -0.05) is 12.1 Å². The fourth-order valence-electron chi connectivity index (χ4n) is 1.21. The van der Waals surface area contributed by atoms with Crippen molar-refractivity contribution in [2.45, 2.75) is 0 Å². The normalized spacial score (nSPS) is 10.1. The van der Waals surface area contributed by atoms with E-state index >= 15 is 0 Å². The van der Waals surface area contributed by atoms with Crippen LogP contribution in [-0.4, -0.2) is 9.97 Å². The van der Waals surface area contributed by atoms with Gasteiger partial charge in [0, 0.05) is 18.0 Å². The zero-order valence-corrected chi connectivity index (χ0v) is 7.31. The van der Waals surface area contributed by atoms with Gasteiger partial charge in [0.2, 0.25) is 0 Å². The molecule has 0 aliphatic heterocycles. The molecule has 0 spiro atoms. The lowest BCUT2D eigenvalue weighted by atomic mass is 10.1. The van der Waals surface area contributed by atoms with Crippen LogP contribution in [0.2, 0.25) is 0 Å². The van der Waals surface area contributed by atoms with E-state index in [1.54, 1.807) is 12.1 Å². The summed E-state index contributed by atoms with van der Waals surface area (Å²) in [5.74, 6) is -0.00865. The van der Waals surface area contributed by atoms with Crippen LogP contribution in [0.15, 0.2) is 36.7 Å². The first-order chi connectivity index (χ1) is 6.77. The number of hydrogen-bond donors (Lipinski definition) is 1. The molecule has 1 aromatic carbocycles. The summed E-state index contributed by atoms with van der Waals surface area (Å²) in [5, 5.41) is 0. The smallest absolute Gasteiger partial charge is 0.149 e. The molecule has 14 heavy (non-hydrogen) atoms. The molecule has 0 radical (unpaired) electrons. The number of nitrogens with zero attached hydrogens (tertiary/aromatic N) is 2. The van der Waals surface area contributed by atoms with Crippen LogP contribution in [0.5, 0.6) is 0 Å². The molecule has 2 rings (SSSR count). The monoisotopic (exact) mass is 189 g/mol. The standard InChI is InChI=1S/C10H8FN3/c11-8-3-1-2-7(6-8)9-10(12)14-5-4-13-9/h1-6H,(H2,12,14). The van der Waals surface area contributed by atoms with Crippen molar-refractivity contribution >= 4 is 5.82 Å². The number of anilines is 1. The van der Waals surface area contributed by atoms with Crippen molar-refractivity contribution < 1.29 is 4.39 Å². The van der Waals surface area contributed by atoms with Crippen molar-refractivity contribution in [2.24, 2.45) is 0 Å². The van der Waals surface area contributed by atoms with Gasteiger partial charge in [0.25, 0.3) is 0 Å². The van der Waals surface area contributed by atoms with Crippen LogP contribution in [0.4, 0.5) is 10.2 Å². The van der Waals surface area contributed by atoms with E-state index in [2.05, 4.69) is 9.97 Å². The summed E-state index contributed by atoms with van der Waals surface area (Å²) in [5.41, 5.74) is 6.75. The third-order valence-electron chi connectivity index (χ3n) is 1.82. The molecule has 1 aromatic heterocycles. The largest absolute Gasteiger partial charge is 0.382 e. The van der Waals surface area contributed by atoms with Gasteiger partial charge in [-0.25, -0.2) is 9.37 Å². The maximum absolute atomic E-state index is 12.9. The van der Waals surface area contributed by atoms with E-state index in [1.165, 1.54) is 24.5 Å². The van der Waals surface area contributed by atoms with Gasteiger partial charge < -0.3 is 5.73 Å². The van der Waals surface area contributed by atoms with E-state index in [-0.39, 0.29) is 5.82 Å². The van der Waals surface area contributed by atoms with Crippen LogP contribution < -0.4 is 5.73 Å². The first-order valence-corrected chi connectivity index (χ1v) is 4.10. The average molecular weight is 189 g/mol. The second-order valence-electron chi connectivity index (χ2n) is 2.80. The Hall–Kier alpha value is -1.97. The van der Waals surface area contributed by atoms with E-state index < -0.39 is 0 Å². The van der Waals surface area contributed by atoms with Crippen molar-refractivity contribution in [3.63, 3.8) is 0 Å². The highest BCUT2D eigenvalue weighted by molar-refractivity contribution is 5.69. The van der Waals surface area contributed by atoms with Crippen LogP contribution in [0.3, 0.4) is 0 Å². The highest BCUT2D eigenvalue weighted by atomic mass is 19.1. The van der Waals surface area contributed by atoms with Crippen LogP contribution >= 0.6 is 0 Å². The minimum absolute atomic E-state index is 0.304. The Morgan fingerprint density at radius 1 is 1.14 bits per heavy atom. The maximum Gasteiger partial charge on any atom is 0.149 e. The Kier molecular flexibility index (Phi) is 2.10. The summed E-state index contributed by atoms with van der Waals surface area (Å²) in [6.45, 7) is 0. The average Bonchev–Trinajstić information content (AvgIpc) is 2.18. The van der Waals surface area contributed by atoms with Gasteiger partial charge in [0.15, 0.2) is 0 Å². The van der Waals surface area contributed by atoms with Gasteiger partial charge in [-0.2, -0.15) is 0 Å². The van der Waals surface area contributed by atoms with Crippen molar-refractivity contribution in [3.8, 4) is 11.3 Å². The van der Waals surface area contributed by atoms with E-state index in [1.807, 2.05) is 0 Å². The van der Waals surface area contributed by atoms with E-state index in [4.69, 9.17) is 5.73 Å². The lowest BCUT2D eigenvalue weighted by Gasteiger charge is -2.02. The van der Waals surface area contributed by atoms with Gasteiger partial charge in [-0.3, -0.25) is 4.98 Å². The molecule has 0 fully saturated rings. The molecule has 0 saturated heterocycles. The SMILES string of the molecule is Nc1nccnc1-c1cccc(F)c1. The zero-order valence-electron chi connectivity index (χ0n) is 7.31. The summed E-state index contributed by atoms with van der Waals surface area (Å²) in [7, 11) is 0. The molecule has 0 saturated carbocycles. The number of benzene rings is 1. The minimum atomic E-state index is -0.312. The Morgan fingerprint density at radius 3 is 2.64 bits per heavy atom. The molecule has 3 nitrogen and oxygen atoms in total. The zero-order chi connectivity index (χ0) is 9.97. The van der Waals surface area contributed by atoms with E-state index in [0.717, 1.165) is 0 Å². The van der Waals surface area contributed by atoms with Gasteiger partial charge >= 0.3 is 0 Å². The number of halogens is 1. The molecular formula is C10H8FN3. The molecule has 0 amide bonds. The molecular weight excluding hydrogens is 181 g/mol. The van der Waals surface area contributed by atoms with E-state index in [0.29, 0.717) is 17.1 Å². The first-order valence-electron chi connectivity index (χ1n) is 4.10. The van der Waals surface area contributed by atoms with Crippen molar-refractivity contribution in [1.82, 2.24) is 9.97 Å². The van der Waals surface area contributed by atoms with Crippen molar-refractivity contribution in [1.29, 1.82) is 0 Å². The highest BCUT2D eigenvalue weighted by Gasteiger charge is 2.04. The minimum Gasteiger partial charge on any atom is -0.382 e. The fraction of sp³-hybridized carbons (Fsp3) is 0. The van der Waals surface area contributed by atoms with E-state index in [9.17, 15) is 4.39 Å². The maximum atomic E-state index is 12.9. The van der Waals surface area contributed by atoms with Gasteiger partial charge in [0.05, 0.1) is 0 Å². The Labute approximate surface area is 80.4 Å². The second-order valence-corrected chi connectivity index (χ2v) is 2.80. The predicted molar refractivity (Wildman–Crippen MR) is 51.8 cm³/mol. The lowest BCUT2D eigenvalue weighted by Crippen LogP contribution is -1.95. The molecule has 0 aliphatic carbocycles. The second kappa shape index (κ2) is 3.41. The number of hydrogen-bond acceptors (Lipinski definition) is 3. The molecule has 0 atom stereocenters. The molecule has 0 unspecified atom stereocenters. The molecule has 2 aromatic rings. The van der Waals surface area contributed by atoms with Crippen LogP contribution in [0, 0.1) is 5.82 Å². The Morgan fingerprint density at radius 2 is 1.93 bits per heavy atom. The molecule has 2 N–H and O–H groups in total. The van der Waals surface area contributed by atoms with Crippen molar-refractivity contribution in [3.05, 3.63) is 42.5 Å². The highest BCUT2D eigenvalue weighted by Crippen LogP contribution is 2.21. The summed E-state index contributed by atoms with van der Waals surface area (Å²) < 4.78 is 12.9. The Balaban J connectivity index is 2.55. The van der Waals surface area contributed by atoms with Crippen LogP contribution in [0.1, 0.15) is 0 Å². The predicted octanol–water partition coefficient (Wildman–Crippen LogP) is 1.86. The van der Waals surface area contributed by atoms with Crippen molar-refractivity contribution in [2.75, 3.05) is 5.73 Å². The summed E-state index contributed by atoms with van der Waals surface area (Å²) in [6.07, 6.45) is 3.02. The van der Waals surface area contributed by atoms with Gasteiger partial charge in [0.1, 0.15) is 17.3 Å². The Bertz CT molecular complexity index is 457. The molecule has 0 aliphatic rings. The third-order valence-corrected chi connectivity index (χ3v) is 1.82. The molecule has 70 valence electrons. The fourth-order valence-corrected chi connectivity index (χ4v) is 1.21. The van der Waals surface area contributed by atoms with Gasteiger partial charge in [-0.05, 0) is 12.1 Å². The van der Waals surface area contributed by atoms with Gasteiger partial charge in [-0.15, -0.1) is 0 Å². The molecule has 4 heteroatoms. The molecule has 0 bridgehead atoms.